The Morgan fingerprint density at radius 3 is 2.84 bits per heavy atom. The van der Waals surface area contributed by atoms with Gasteiger partial charge in [-0.15, -0.1) is 11.3 Å². The molecule has 0 bridgehead atoms. The van der Waals surface area contributed by atoms with Crippen molar-refractivity contribution >= 4 is 17.2 Å². The Kier molecular flexibility index (Phi) is 4.99. The molecular formula is C15H24N2OS. The Labute approximate surface area is 120 Å². The first-order valence-electron chi connectivity index (χ1n) is 7.10. The third-order valence-corrected chi connectivity index (χ3v) is 4.74. The number of nitrogens with zero attached hydrogens (tertiary/aromatic N) is 2. The van der Waals surface area contributed by atoms with Gasteiger partial charge in [0, 0.05) is 17.5 Å². The van der Waals surface area contributed by atoms with E-state index in [-0.39, 0.29) is 5.91 Å². The van der Waals surface area contributed by atoms with Gasteiger partial charge in [-0.25, -0.2) is 0 Å². The molecule has 0 saturated carbocycles. The monoisotopic (exact) mass is 280 g/mol. The number of thiophene rings is 1. The molecule has 3 nitrogen and oxygen atoms in total. The molecule has 1 atom stereocenters. The molecule has 1 aliphatic heterocycles. The number of carbonyl (C=O) groups excluding carboxylic acids is 1. The highest BCUT2D eigenvalue weighted by Gasteiger charge is 2.27. The quantitative estimate of drug-likeness (QED) is 0.846. The van der Waals surface area contributed by atoms with Gasteiger partial charge in [0.2, 0.25) is 0 Å². The van der Waals surface area contributed by atoms with Crippen LogP contribution < -0.4 is 0 Å². The molecule has 0 N–H and O–H groups in total. The van der Waals surface area contributed by atoms with Crippen molar-refractivity contribution in [3.8, 4) is 0 Å². The van der Waals surface area contributed by atoms with Crippen LogP contribution in [0.15, 0.2) is 12.1 Å². The smallest absolute Gasteiger partial charge is 0.264 e. The van der Waals surface area contributed by atoms with Crippen LogP contribution in [0.2, 0.25) is 0 Å². The van der Waals surface area contributed by atoms with Crippen LogP contribution in [0.3, 0.4) is 0 Å². The van der Waals surface area contributed by atoms with Crippen LogP contribution in [0.25, 0.3) is 0 Å². The molecule has 106 valence electrons. The first-order valence-corrected chi connectivity index (χ1v) is 7.91. The number of hydrogen-bond acceptors (Lipinski definition) is 3. The van der Waals surface area contributed by atoms with Gasteiger partial charge in [-0.2, -0.15) is 0 Å². The summed E-state index contributed by atoms with van der Waals surface area (Å²) in [5.74, 6) is 0.238. The second kappa shape index (κ2) is 6.53. The zero-order valence-electron chi connectivity index (χ0n) is 12.2. The highest BCUT2D eigenvalue weighted by atomic mass is 32.1. The minimum absolute atomic E-state index is 0.238. The summed E-state index contributed by atoms with van der Waals surface area (Å²) in [6.45, 7) is 4.03. The molecule has 0 aliphatic carbocycles. The maximum Gasteiger partial charge on any atom is 0.264 e. The van der Waals surface area contributed by atoms with Gasteiger partial charge in [-0.05, 0) is 65.4 Å². The summed E-state index contributed by atoms with van der Waals surface area (Å²) < 4.78 is 0. The molecule has 2 rings (SSSR count). The molecule has 2 heterocycles. The molecule has 0 spiro atoms. The van der Waals surface area contributed by atoms with Crippen LogP contribution in [0.4, 0.5) is 0 Å². The van der Waals surface area contributed by atoms with Crippen molar-refractivity contribution in [3.63, 3.8) is 0 Å². The van der Waals surface area contributed by atoms with E-state index in [0.29, 0.717) is 6.04 Å². The van der Waals surface area contributed by atoms with Crippen LogP contribution in [0.5, 0.6) is 0 Å². The van der Waals surface area contributed by atoms with E-state index in [1.807, 2.05) is 12.1 Å². The molecule has 1 unspecified atom stereocenters. The minimum Gasteiger partial charge on any atom is -0.335 e. The Morgan fingerprint density at radius 2 is 2.21 bits per heavy atom. The Balaban J connectivity index is 2.04. The Bertz CT molecular complexity index is 428. The topological polar surface area (TPSA) is 23.6 Å². The van der Waals surface area contributed by atoms with Crippen LogP contribution in [-0.4, -0.2) is 48.9 Å². The number of rotatable bonds is 4. The lowest BCUT2D eigenvalue weighted by Gasteiger charge is -2.36. The van der Waals surface area contributed by atoms with E-state index in [9.17, 15) is 4.79 Å². The summed E-state index contributed by atoms with van der Waals surface area (Å²) in [7, 11) is 4.19. The van der Waals surface area contributed by atoms with Crippen molar-refractivity contribution in [2.45, 2.75) is 38.6 Å². The molecule has 1 aliphatic rings. The van der Waals surface area contributed by atoms with Crippen molar-refractivity contribution in [1.29, 1.82) is 0 Å². The second-order valence-corrected chi connectivity index (χ2v) is 6.94. The first kappa shape index (κ1) is 14.5. The van der Waals surface area contributed by atoms with Gasteiger partial charge in [0.05, 0.1) is 4.88 Å². The average Bonchev–Trinajstić information content (AvgIpc) is 2.82. The first-order chi connectivity index (χ1) is 9.08. The van der Waals surface area contributed by atoms with E-state index in [2.05, 4.69) is 30.8 Å². The molecule has 1 aromatic heterocycles. The summed E-state index contributed by atoms with van der Waals surface area (Å²) >= 11 is 1.61. The van der Waals surface area contributed by atoms with E-state index in [1.165, 1.54) is 11.3 Å². The number of piperidine rings is 1. The zero-order valence-corrected chi connectivity index (χ0v) is 13.0. The van der Waals surface area contributed by atoms with Crippen LogP contribution in [0, 0.1) is 6.92 Å². The fourth-order valence-corrected chi connectivity index (χ4v) is 3.49. The number of hydrogen-bond donors (Lipinski definition) is 0. The van der Waals surface area contributed by atoms with Gasteiger partial charge >= 0.3 is 0 Å². The van der Waals surface area contributed by atoms with Gasteiger partial charge in [0.1, 0.15) is 0 Å². The fourth-order valence-electron chi connectivity index (χ4n) is 2.67. The zero-order chi connectivity index (χ0) is 13.8. The lowest BCUT2D eigenvalue weighted by molar-refractivity contribution is 0.0596. The second-order valence-electron chi connectivity index (χ2n) is 5.65. The minimum atomic E-state index is 0.238. The van der Waals surface area contributed by atoms with Crippen LogP contribution >= 0.6 is 11.3 Å². The molecule has 4 heteroatoms. The lowest BCUT2D eigenvalue weighted by atomic mass is 9.99. The van der Waals surface area contributed by atoms with Gasteiger partial charge < -0.3 is 9.80 Å². The predicted octanol–water partition coefficient (Wildman–Crippen LogP) is 3.00. The summed E-state index contributed by atoms with van der Waals surface area (Å²) in [4.78, 5) is 19.0. The maximum absolute atomic E-state index is 12.6. The highest BCUT2D eigenvalue weighted by Crippen LogP contribution is 2.24. The van der Waals surface area contributed by atoms with Gasteiger partial charge in [-0.3, -0.25) is 4.79 Å². The van der Waals surface area contributed by atoms with Crippen molar-refractivity contribution in [2.24, 2.45) is 0 Å². The Morgan fingerprint density at radius 1 is 1.42 bits per heavy atom. The molecule has 1 amide bonds. The van der Waals surface area contributed by atoms with Crippen molar-refractivity contribution < 1.29 is 4.79 Å². The normalized spacial score (nSPS) is 20.0. The van der Waals surface area contributed by atoms with Crippen molar-refractivity contribution in [3.05, 3.63) is 21.9 Å². The molecule has 0 aromatic carbocycles. The maximum atomic E-state index is 12.6. The largest absolute Gasteiger partial charge is 0.335 e. The number of amides is 1. The van der Waals surface area contributed by atoms with E-state index < -0.39 is 0 Å². The molecule has 19 heavy (non-hydrogen) atoms. The van der Waals surface area contributed by atoms with Gasteiger partial charge in [0.25, 0.3) is 5.91 Å². The predicted molar refractivity (Wildman–Crippen MR) is 80.9 cm³/mol. The number of aryl methyl sites for hydroxylation is 1. The Hall–Kier alpha value is -0.870. The van der Waals surface area contributed by atoms with Crippen molar-refractivity contribution in [1.82, 2.24) is 9.80 Å². The third-order valence-electron chi connectivity index (χ3n) is 3.75. The van der Waals surface area contributed by atoms with Gasteiger partial charge in [-0.1, -0.05) is 0 Å². The third kappa shape index (κ3) is 3.80. The number of likely N-dealkylation sites (tertiary alicyclic amines) is 1. The molecule has 0 radical (unpaired) electrons. The molecule has 1 saturated heterocycles. The van der Waals surface area contributed by atoms with Crippen molar-refractivity contribution in [2.75, 3.05) is 27.2 Å². The van der Waals surface area contributed by atoms with Gasteiger partial charge in [0.15, 0.2) is 0 Å². The molecule has 1 fully saturated rings. The standard InChI is InChI=1S/C15H24N2OS/c1-12-7-8-14(19-12)15(18)17-10-5-4-6-13(17)9-11-16(2)3/h7-8,13H,4-6,9-11H2,1-3H3. The fraction of sp³-hybridized carbons (Fsp3) is 0.667. The van der Waals surface area contributed by atoms with Crippen LogP contribution in [-0.2, 0) is 0 Å². The average molecular weight is 280 g/mol. The van der Waals surface area contributed by atoms with E-state index in [4.69, 9.17) is 0 Å². The lowest BCUT2D eigenvalue weighted by Crippen LogP contribution is -2.44. The summed E-state index contributed by atoms with van der Waals surface area (Å²) in [5.41, 5.74) is 0. The van der Waals surface area contributed by atoms with E-state index in [1.54, 1.807) is 11.3 Å². The van der Waals surface area contributed by atoms with Crippen LogP contribution in [0.1, 0.15) is 40.2 Å². The SMILES string of the molecule is Cc1ccc(C(=O)N2CCCCC2CCN(C)C)s1. The summed E-state index contributed by atoms with van der Waals surface area (Å²) in [5, 5.41) is 0. The molecule has 1 aromatic rings. The summed E-state index contributed by atoms with van der Waals surface area (Å²) in [6, 6.07) is 4.43. The number of carbonyl (C=O) groups is 1. The highest BCUT2D eigenvalue weighted by molar-refractivity contribution is 7.13. The summed E-state index contributed by atoms with van der Waals surface area (Å²) in [6.07, 6.45) is 4.65. The van der Waals surface area contributed by atoms with E-state index >= 15 is 0 Å². The van der Waals surface area contributed by atoms with E-state index in [0.717, 1.165) is 37.2 Å². The molecular weight excluding hydrogens is 256 g/mol.